The number of carbonyl (C=O) groups is 1. The molecule has 0 spiro atoms. The second-order valence-corrected chi connectivity index (χ2v) is 7.37. The second kappa shape index (κ2) is 8.24. The summed E-state index contributed by atoms with van der Waals surface area (Å²) in [5.41, 5.74) is 4.24. The number of methoxy groups -OCH3 is 1. The monoisotopic (exact) mass is 406 g/mol. The zero-order chi connectivity index (χ0) is 20.2. The standard InChI is InChI=1S/C21H18N4O3S/c1-13-9-17(28-25-13)16-11-22-12-24-20(16)15-5-3-14(4-6-15)10-23-21(26)18-7-8-19(27-2)29-18/h3-9,11-12H,10H2,1-2H3,(H,23,26). The lowest BCUT2D eigenvalue weighted by Gasteiger charge is -2.08. The molecule has 0 saturated heterocycles. The number of carbonyl (C=O) groups excluding carboxylic acids is 1. The van der Waals surface area contributed by atoms with Crippen LogP contribution in [0.1, 0.15) is 20.9 Å². The van der Waals surface area contributed by atoms with E-state index < -0.39 is 0 Å². The maximum atomic E-state index is 12.2. The summed E-state index contributed by atoms with van der Waals surface area (Å²) >= 11 is 1.31. The normalized spacial score (nSPS) is 10.7. The van der Waals surface area contributed by atoms with Gasteiger partial charge in [0.1, 0.15) is 6.33 Å². The van der Waals surface area contributed by atoms with Crippen LogP contribution < -0.4 is 10.1 Å². The van der Waals surface area contributed by atoms with Crippen LogP contribution in [-0.4, -0.2) is 28.1 Å². The van der Waals surface area contributed by atoms with Crippen LogP contribution in [0.15, 0.2) is 59.5 Å². The van der Waals surface area contributed by atoms with E-state index in [1.165, 1.54) is 17.7 Å². The fraction of sp³-hybridized carbons (Fsp3) is 0.143. The van der Waals surface area contributed by atoms with Crippen LogP contribution in [-0.2, 0) is 6.54 Å². The van der Waals surface area contributed by atoms with Gasteiger partial charge in [-0.05, 0) is 24.6 Å². The summed E-state index contributed by atoms with van der Waals surface area (Å²) in [6.45, 7) is 2.29. The summed E-state index contributed by atoms with van der Waals surface area (Å²) in [7, 11) is 1.59. The summed E-state index contributed by atoms with van der Waals surface area (Å²) in [6, 6.07) is 13.2. The molecule has 0 atom stereocenters. The third kappa shape index (κ3) is 4.17. The lowest BCUT2D eigenvalue weighted by molar-refractivity contribution is 0.0955. The molecule has 1 amide bonds. The summed E-state index contributed by atoms with van der Waals surface area (Å²) in [5.74, 6) is 0.502. The van der Waals surface area contributed by atoms with Crippen molar-refractivity contribution in [3.05, 3.63) is 71.1 Å². The molecule has 0 unspecified atom stereocenters. The fourth-order valence-corrected chi connectivity index (χ4v) is 3.57. The Morgan fingerprint density at radius 2 is 2.03 bits per heavy atom. The van der Waals surface area contributed by atoms with Crippen LogP contribution in [0.2, 0.25) is 0 Å². The molecule has 1 aromatic carbocycles. The highest BCUT2D eigenvalue weighted by Gasteiger charge is 2.14. The number of benzene rings is 1. The molecule has 8 heteroatoms. The van der Waals surface area contributed by atoms with Crippen molar-refractivity contribution in [1.82, 2.24) is 20.4 Å². The maximum absolute atomic E-state index is 12.2. The minimum atomic E-state index is -0.124. The Hall–Kier alpha value is -3.52. The van der Waals surface area contributed by atoms with Crippen LogP contribution in [0.25, 0.3) is 22.6 Å². The van der Waals surface area contributed by atoms with Crippen molar-refractivity contribution < 1.29 is 14.1 Å². The van der Waals surface area contributed by atoms with Gasteiger partial charge in [-0.3, -0.25) is 4.79 Å². The van der Waals surface area contributed by atoms with Gasteiger partial charge in [-0.1, -0.05) is 40.8 Å². The van der Waals surface area contributed by atoms with E-state index in [1.54, 1.807) is 25.4 Å². The van der Waals surface area contributed by atoms with Gasteiger partial charge in [0.25, 0.3) is 5.91 Å². The Kier molecular flexibility index (Phi) is 5.35. The van der Waals surface area contributed by atoms with Crippen LogP contribution in [0.4, 0.5) is 0 Å². The number of aromatic nitrogens is 3. The molecule has 0 aliphatic rings. The molecule has 146 valence electrons. The number of nitrogens with zero attached hydrogens (tertiary/aromatic N) is 3. The van der Waals surface area contributed by atoms with E-state index in [9.17, 15) is 4.79 Å². The van der Waals surface area contributed by atoms with E-state index in [-0.39, 0.29) is 5.91 Å². The Bertz CT molecular complexity index is 1130. The molecule has 4 aromatic rings. The number of nitrogens with one attached hydrogen (secondary N) is 1. The number of rotatable bonds is 6. The van der Waals surface area contributed by atoms with Gasteiger partial charge in [0.05, 0.1) is 28.9 Å². The number of aryl methyl sites for hydroxylation is 1. The van der Waals surface area contributed by atoms with Crippen molar-refractivity contribution >= 4 is 17.2 Å². The van der Waals surface area contributed by atoms with Crippen molar-refractivity contribution in [3.8, 4) is 27.6 Å². The molecular formula is C21H18N4O3S. The third-order valence-corrected chi connectivity index (χ3v) is 5.34. The van der Waals surface area contributed by atoms with Gasteiger partial charge in [0.2, 0.25) is 0 Å². The molecule has 3 aromatic heterocycles. The smallest absolute Gasteiger partial charge is 0.261 e. The minimum absolute atomic E-state index is 0.124. The lowest BCUT2D eigenvalue weighted by atomic mass is 10.0. The van der Waals surface area contributed by atoms with Crippen molar-refractivity contribution in [2.45, 2.75) is 13.5 Å². The van der Waals surface area contributed by atoms with Gasteiger partial charge >= 0.3 is 0 Å². The van der Waals surface area contributed by atoms with E-state index in [1.807, 2.05) is 37.3 Å². The highest BCUT2D eigenvalue weighted by molar-refractivity contribution is 7.15. The summed E-state index contributed by atoms with van der Waals surface area (Å²) in [4.78, 5) is 21.4. The summed E-state index contributed by atoms with van der Waals surface area (Å²) in [6.07, 6.45) is 3.22. The Labute approximate surface area is 171 Å². The molecule has 0 bridgehead atoms. The first-order valence-corrected chi connectivity index (χ1v) is 9.70. The number of hydrogen-bond donors (Lipinski definition) is 1. The van der Waals surface area contributed by atoms with Crippen molar-refractivity contribution in [1.29, 1.82) is 0 Å². The topological polar surface area (TPSA) is 90.1 Å². The molecule has 0 fully saturated rings. The molecule has 0 aliphatic carbocycles. The zero-order valence-corrected chi connectivity index (χ0v) is 16.7. The van der Waals surface area contributed by atoms with Crippen molar-refractivity contribution in [3.63, 3.8) is 0 Å². The van der Waals surface area contributed by atoms with Crippen LogP contribution in [0, 0.1) is 6.92 Å². The largest absolute Gasteiger partial charge is 0.487 e. The fourth-order valence-electron chi connectivity index (χ4n) is 2.83. The summed E-state index contributed by atoms with van der Waals surface area (Å²) in [5, 5.41) is 7.57. The van der Waals surface area contributed by atoms with Gasteiger partial charge in [-0.2, -0.15) is 0 Å². The molecule has 0 radical (unpaired) electrons. The van der Waals surface area contributed by atoms with Crippen LogP contribution >= 0.6 is 11.3 Å². The van der Waals surface area contributed by atoms with Gasteiger partial charge in [0, 0.05) is 24.4 Å². The first-order chi connectivity index (χ1) is 14.1. The van der Waals surface area contributed by atoms with Gasteiger partial charge in [-0.25, -0.2) is 9.97 Å². The van der Waals surface area contributed by atoms with Gasteiger partial charge in [-0.15, -0.1) is 0 Å². The van der Waals surface area contributed by atoms with E-state index in [0.29, 0.717) is 22.2 Å². The molecule has 29 heavy (non-hydrogen) atoms. The van der Waals surface area contributed by atoms with Gasteiger partial charge in [0.15, 0.2) is 10.8 Å². The summed E-state index contributed by atoms with van der Waals surface area (Å²) < 4.78 is 10.5. The number of ether oxygens (including phenoxy) is 1. The maximum Gasteiger partial charge on any atom is 0.261 e. The number of hydrogen-bond acceptors (Lipinski definition) is 7. The molecule has 0 aliphatic heterocycles. The SMILES string of the molecule is COc1ccc(C(=O)NCc2ccc(-c3ncncc3-c3cc(C)no3)cc2)s1. The average Bonchev–Trinajstić information content (AvgIpc) is 3.41. The van der Waals surface area contributed by atoms with Crippen molar-refractivity contribution in [2.75, 3.05) is 7.11 Å². The van der Waals surface area contributed by atoms with Gasteiger partial charge < -0.3 is 14.6 Å². The van der Waals surface area contributed by atoms with E-state index >= 15 is 0 Å². The first kappa shape index (κ1) is 18.8. The molecule has 0 saturated carbocycles. The highest BCUT2D eigenvalue weighted by Crippen LogP contribution is 2.30. The quantitative estimate of drug-likeness (QED) is 0.518. The second-order valence-electron chi connectivity index (χ2n) is 6.32. The molecular weight excluding hydrogens is 388 g/mol. The predicted molar refractivity (Wildman–Crippen MR) is 110 cm³/mol. The Morgan fingerprint density at radius 3 is 2.72 bits per heavy atom. The number of thiophene rings is 1. The van der Waals surface area contributed by atoms with E-state index in [4.69, 9.17) is 9.26 Å². The van der Waals surface area contributed by atoms with Crippen LogP contribution in [0.5, 0.6) is 5.06 Å². The lowest BCUT2D eigenvalue weighted by Crippen LogP contribution is -2.21. The first-order valence-electron chi connectivity index (χ1n) is 8.89. The van der Waals surface area contributed by atoms with E-state index in [2.05, 4.69) is 20.4 Å². The Balaban J connectivity index is 1.48. The molecule has 1 N–H and O–H groups in total. The van der Waals surface area contributed by atoms with Crippen molar-refractivity contribution in [2.24, 2.45) is 0 Å². The van der Waals surface area contributed by atoms with E-state index in [0.717, 1.165) is 28.1 Å². The molecule has 7 nitrogen and oxygen atoms in total. The average molecular weight is 406 g/mol. The molecule has 3 heterocycles. The number of amides is 1. The third-order valence-electron chi connectivity index (χ3n) is 4.29. The molecule has 4 rings (SSSR count). The van der Waals surface area contributed by atoms with Crippen LogP contribution in [0.3, 0.4) is 0 Å². The minimum Gasteiger partial charge on any atom is -0.487 e. The predicted octanol–water partition coefficient (Wildman–Crippen LogP) is 4.11. The zero-order valence-electron chi connectivity index (χ0n) is 15.9. The highest BCUT2D eigenvalue weighted by atomic mass is 32.1. The Morgan fingerprint density at radius 1 is 1.21 bits per heavy atom.